The zero-order valence-electron chi connectivity index (χ0n) is 11.8. The van der Waals surface area contributed by atoms with E-state index >= 15 is 0 Å². The summed E-state index contributed by atoms with van der Waals surface area (Å²) in [5, 5.41) is 10.5. The van der Waals surface area contributed by atoms with Crippen LogP contribution in [0.5, 0.6) is 0 Å². The molecule has 114 valence electrons. The van der Waals surface area contributed by atoms with Gasteiger partial charge in [-0.2, -0.15) is 5.10 Å². The molecule has 0 aromatic carbocycles. The zero-order chi connectivity index (χ0) is 14.8. The van der Waals surface area contributed by atoms with Crippen LogP contribution in [0.4, 0.5) is 5.69 Å². The minimum absolute atomic E-state index is 0.167. The third-order valence-electron chi connectivity index (χ3n) is 2.59. The summed E-state index contributed by atoms with van der Waals surface area (Å²) in [6.45, 7) is 3.85. The number of hydrogen-bond donors (Lipinski definition) is 2. The van der Waals surface area contributed by atoms with Crippen LogP contribution in [0, 0.1) is 0 Å². The molecule has 8 heteroatoms. The number of aromatic nitrogens is 2. The molecule has 1 heterocycles. The first-order chi connectivity index (χ1) is 9.70. The second-order valence-electron chi connectivity index (χ2n) is 4.06. The Balaban J connectivity index is 2.47. The van der Waals surface area contributed by atoms with Crippen molar-refractivity contribution in [2.45, 2.75) is 6.54 Å². The Morgan fingerprint density at radius 2 is 2.00 bits per heavy atom. The average molecular weight is 349 g/mol. The number of halogens is 1. The molecule has 0 saturated carbocycles. The zero-order valence-corrected chi connectivity index (χ0v) is 13.4. The predicted molar refractivity (Wildman–Crippen MR) is 81.3 cm³/mol. The second-order valence-corrected chi connectivity index (χ2v) is 4.86. The second kappa shape index (κ2) is 9.87. The van der Waals surface area contributed by atoms with Crippen molar-refractivity contribution in [2.75, 3.05) is 52.4 Å². The van der Waals surface area contributed by atoms with E-state index < -0.39 is 0 Å². The number of rotatable bonds is 10. The van der Waals surface area contributed by atoms with Crippen LogP contribution in [0.2, 0.25) is 0 Å². The van der Waals surface area contributed by atoms with Gasteiger partial charge in [-0.25, -0.2) is 4.68 Å². The number of nitrogens with zero attached hydrogens (tertiary/aromatic N) is 2. The lowest BCUT2D eigenvalue weighted by molar-refractivity contribution is 0.181. The van der Waals surface area contributed by atoms with E-state index in [0.717, 1.165) is 13.1 Å². The van der Waals surface area contributed by atoms with Crippen molar-refractivity contribution in [3.8, 4) is 0 Å². The van der Waals surface area contributed by atoms with Gasteiger partial charge in [-0.1, -0.05) is 0 Å². The van der Waals surface area contributed by atoms with Crippen LogP contribution in [0.15, 0.2) is 15.5 Å². The van der Waals surface area contributed by atoms with Gasteiger partial charge in [0.2, 0.25) is 0 Å². The van der Waals surface area contributed by atoms with E-state index in [-0.39, 0.29) is 5.56 Å². The number of hydrogen-bond acceptors (Lipinski definition) is 6. The van der Waals surface area contributed by atoms with Gasteiger partial charge in [0.15, 0.2) is 0 Å². The van der Waals surface area contributed by atoms with E-state index in [9.17, 15) is 4.79 Å². The Morgan fingerprint density at radius 3 is 2.70 bits per heavy atom. The van der Waals surface area contributed by atoms with E-state index in [0.29, 0.717) is 36.5 Å². The van der Waals surface area contributed by atoms with Crippen LogP contribution in [0.25, 0.3) is 0 Å². The molecule has 0 aliphatic rings. The molecular weight excluding hydrogens is 328 g/mol. The van der Waals surface area contributed by atoms with Gasteiger partial charge in [0.25, 0.3) is 5.56 Å². The van der Waals surface area contributed by atoms with Gasteiger partial charge in [-0.15, -0.1) is 0 Å². The van der Waals surface area contributed by atoms with Crippen molar-refractivity contribution in [1.29, 1.82) is 0 Å². The first-order valence-corrected chi connectivity index (χ1v) is 7.18. The van der Waals surface area contributed by atoms with Gasteiger partial charge in [-0.3, -0.25) is 4.79 Å². The highest BCUT2D eigenvalue weighted by Gasteiger charge is 2.07. The molecule has 0 aliphatic carbocycles. The molecule has 1 aromatic heterocycles. The standard InChI is InChI=1S/C12H21BrN4O3/c1-19-7-5-14-3-4-15-10-9-16-17(6-8-20-2)12(18)11(10)13/h9,14-15H,3-8H2,1-2H3. The summed E-state index contributed by atoms with van der Waals surface area (Å²) in [5.41, 5.74) is 0.525. The summed E-state index contributed by atoms with van der Waals surface area (Å²) in [7, 11) is 3.26. The van der Waals surface area contributed by atoms with E-state index in [2.05, 4.69) is 31.7 Å². The summed E-state index contributed by atoms with van der Waals surface area (Å²) < 4.78 is 11.7. The molecule has 0 unspecified atom stereocenters. The van der Waals surface area contributed by atoms with Gasteiger partial charge < -0.3 is 20.1 Å². The van der Waals surface area contributed by atoms with Gasteiger partial charge in [-0.05, 0) is 15.9 Å². The molecule has 0 bridgehead atoms. The van der Waals surface area contributed by atoms with E-state index in [1.165, 1.54) is 4.68 Å². The van der Waals surface area contributed by atoms with Crippen LogP contribution >= 0.6 is 15.9 Å². The maximum absolute atomic E-state index is 12.0. The Kier molecular flexibility index (Phi) is 8.43. The first-order valence-electron chi connectivity index (χ1n) is 6.38. The monoisotopic (exact) mass is 348 g/mol. The molecule has 1 aromatic rings. The molecule has 2 N–H and O–H groups in total. The topological polar surface area (TPSA) is 77.4 Å². The highest BCUT2D eigenvalue weighted by molar-refractivity contribution is 9.10. The molecule has 7 nitrogen and oxygen atoms in total. The SMILES string of the molecule is COCCNCCNc1cnn(CCOC)c(=O)c1Br. The van der Waals surface area contributed by atoms with Crippen molar-refractivity contribution in [1.82, 2.24) is 15.1 Å². The molecular formula is C12H21BrN4O3. The summed E-state index contributed by atoms with van der Waals surface area (Å²) in [6.07, 6.45) is 1.64. The van der Waals surface area contributed by atoms with Crippen LogP contribution < -0.4 is 16.2 Å². The van der Waals surface area contributed by atoms with Gasteiger partial charge in [0.1, 0.15) is 4.47 Å². The Hall–Kier alpha value is -0.960. The van der Waals surface area contributed by atoms with Crippen LogP contribution in [-0.2, 0) is 16.0 Å². The fourth-order valence-electron chi connectivity index (χ4n) is 1.51. The highest BCUT2D eigenvalue weighted by atomic mass is 79.9. The van der Waals surface area contributed by atoms with Crippen LogP contribution in [0.3, 0.4) is 0 Å². The summed E-state index contributed by atoms with van der Waals surface area (Å²) >= 11 is 3.30. The normalized spacial score (nSPS) is 10.8. The number of methoxy groups -OCH3 is 2. The lowest BCUT2D eigenvalue weighted by atomic mass is 10.4. The number of anilines is 1. The first kappa shape index (κ1) is 17.1. The van der Waals surface area contributed by atoms with Gasteiger partial charge in [0.05, 0.1) is 31.6 Å². The largest absolute Gasteiger partial charge is 0.383 e. The maximum atomic E-state index is 12.0. The minimum Gasteiger partial charge on any atom is -0.383 e. The third kappa shape index (κ3) is 5.58. The van der Waals surface area contributed by atoms with E-state index in [1.807, 2.05) is 0 Å². The van der Waals surface area contributed by atoms with E-state index in [4.69, 9.17) is 9.47 Å². The fraction of sp³-hybridized carbons (Fsp3) is 0.667. The lowest BCUT2D eigenvalue weighted by Gasteiger charge is -2.10. The molecule has 20 heavy (non-hydrogen) atoms. The van der Waals surface area contributed by atoms with Crippen molar-refractivity contribution in [2.24, 2.45) is 0 Å². The summed E-state index contributed by atoms with van der Waals surface area (Å²) in [6, 6.07) is 0. The molecule has 0 saturated heterocycles. The van der Waals surface area contributed by atoms with Crippen molar-refractivity contribution < 1.29 is 9.47 Å². The molecule has 0 fully saturated rings. The van der Waals surface area contributed by atoms with Gasteiger partial charge >= 0.3 is 0 Å². The van der Waals surface area contributed by atoms with Gasteiger partial charge in [0, 0.05) is 33.9 Å². The number of nitrogens with one attached hydrogen (secondary N) is 2. The highest BCUT2D eigenvalue weighted by Crippen LogP contribution is 2.15. The summed E-state index contributed by atoms with van der Waals surface area (Å²) in [4.78, 5) is 12.0. The molecule has 0 spiro atoms. The smallest absolute Gasteiger partial charge is 0.283 e. The third-order valence-corrected chi connectivity index (χ3v) is 3.36. The van der Waals surface area contributed by atoms with Crippen molar-refractivity contribution in [3.05, 3.63) is 21.0 Å². The molecule has 0 aliphatic heterocycles. The number of ether oxygens (including phenoxy) is 2. The molecule has 0 radical (unpaired) electrons. The molecule has 0 atom stereocenters. The molecule has 0 amide bonds. The average Bonchev–Trinajstić information content (AvgIpc) is 2.46. The van der Waals surface area contributed by atoms with Crippen LogP contribution in [0.1, 0.15) is 0 Å². The van der Waals surface area contributed by atoms with Crippen molar-refractivity contribution in [3.63, 3.8) is 0 Å². The Bertz CT molecular complexity index is 453. The maximum Gasteiger partial charge on any atom is 0.283 e. The summed E-state index contributed by atoms with van der Waals surface area (Å²) in [5.74, 6) is 0. The minimum atomic E-state index is -0.167. The fourth-order valence-corrected chi connectivity index (χ4v) is 1.96. The van der Waals surface area contributed by atoms with Crippen LogP contribution in [-0.4, -0.2) is 56.8 Å². The molecule has 1 rings (SSSR count). The van der Waals surface area contributed by atoms with E-state index in [1.54, 1.807) is 20.4 Å². The lowest BCUT2D eigenvalue weighted by Crippen LogP contribution is -2.28. The Labute approximate surface area is 126 Å². The quantitative estimate of drug-likeness (QED) is 0.592. The Morgan fingerprint density at radius 1 is 1.25 bits per heavy atom. The predicted octanol–water partition coefficient (Wildman–Crippen LogP) is 0.300. The van der Waals surface area contributed by atoms with Crippen molar-refractivity contribution >= 4 is 21.6 Å².